The Bertz CT molecular complexity index is 420. The molecule has 1 aliphatic carbocycles. The average molecular weight is 268 g/mol. The number of carbonyl (C=O) groups excluding carboxylic acids is 2. The van der Waals surface area contributed by atoms with Gasteiger partial charge in [-0.15, -0.1) is 0 Å². The van der Waals surface area contributed by atoms with Crippen LogP contribution in [0.25, 0.3) is 0 Å². The molecule has 0 aromatic rings. The maximum absolute atomic E-state index is 12.0. The standard InChI is InChI=1S/C12H16N2O5/c15-10(4-5-11(16)17)13-12(18)14-6-7-19-9-3-1-2-8(9)14/h4-5,8-9H,1-3,6-7H2,(H,16,17)(H,13,15,18). The van der Waals surface area contributed by atoms with Crippen LogP contribution in [0.2, 0.25) is 0 Å². The minimum atomic E-state index is -1.23. The number of morpholine rings is 1. The van der Waals surface area contributed by atoms with Crippen LogP contribution < -0.4 is 5.32 Å². The molecule has 0 radical (unpaired) electrons. The molecule has 1 heterocycles. The smallest absolute Gasteiger partial charge is 0.328 e. The Morgan fingerprint density at radius 2 is 2.05 bits per heavy atom. The Labute approximate surface area is 110 Å². The summed E-state index contributed by atoms with van der Waals surface area (Å²) < 4.78 is 5.57. The first-order valence-electron chi connectivity index (χ1n) is 6.22. The van der Waals surface area contributed by atoms with E-state index in [0.29, 0.717) is 19.2 Å². The van der Waals surface area contributed by atoms with Gasteiger partial charge in [-0.05, 0) is 19.3 Å². The summed E-state index contributed by atoms with van der Waals surface area (Å²) in [5.41, 5.74) is 0. The van der Waals surface area contributed by atoms with Gasteiger partial charge in [-0.2, -0.15) is 0 Å². The van der Waals surface area contributed by atoms with Crippen LogP contribution in [-0.2, 0) is 14.3 Å². The Balaban J connectivity index is 1.92. The minimum absolute atomic E-state index is 0.0185. The third-order valence-electron chi connectivity index (χ3n) is 3.35. The first-order chi connectivity index (χ1) is 9.08. The van der Waals surface area contributed by atoms with Gasteiger partial charge in [0.15, 0.2) is 0 Å². The summed E-state index contributed by atoms with van der Waals surface area (Å²) in [5.74, 6) is -1.96. The lowest BCUT2D eigenvalue weighted by Crippen LogP contribution is -2.55. The van der Waals surface area contributed by atoms with Crippen LogP contribution in [0.3, 0.4) is 0 Å². The van der Waals surface area contributed by atoms with E-state index in [9.17, 15) is 14.4 Å². The van der Waals surface area contributed by atoms with Gasteiger partial charge >= 0.3 is 12.0 Å². The van der Waals surface area contributed by atoms with E-state index in [2.05, 4.69) is 5.32 Å². The van der Waals surface area contributed by atoms with Crippen LogP contribution >= 0.6 is 0 Å². The third-order valence-corrected chi connectivity index (χ3v) is 3.35. The summed E-state index contributed by atoms with van der Waals surface area (Å²) in [7, 11) is 0. The molecule has 19 heavy (non-hydrogen) atoms. The average Bonchev–Trinajstić information content (AvgIpc) is 2.84. The first kappa shape index (κ1) is 13.5. The number of hydrogen-bond donors (Lipinski definition) is 2. The number of hydrogen-bond acceptors (Lipinski definition) is 4. The molecular formula is C12H16N2O5. The van der Waals surface area contributed by atoms with E-state index in [1.165, 1.54) is 0 Å². The number of fused-ring (bicyclic) bond motifs is 1. The molecule has 104 valence electrons. The number of rotatable bonds is 2. The molecule has 0 aromatic carbocycles. The molecule has 2 aliphatic rings. The van der Waals surface area contributed by atoms with Gasteiger partial charge in [-0.3, -0.25) is 10.1 Å². The zero-order chi connectivity index (χ0) is 13.8. The van der Waals surface area contributed by atoms with Gasteiger partial charge in [0.25, 0.3) is 5.91 Å². The van der Waals surface area contributed by atoms with E-state index in [1.54, 1.807) is 4.90 Å². The lowest BCUT2D eigenvalue weighted by atomic mass is 10.1. The first-order valence-corrected chi connectivity index (χ1v) is 6.22. The summed E-state index contributed by atoms with van der Waals surface area (Å²) >= 11 is 0. The van der Waals surface area contributed by atoms with Gasteiger partial charge < -0.3 is 14.7 Å². The molecule has 2 rings (SSSR count). The van der Waals surface area contributed by atoms with Crippen LogP contribution in [0, 0.1) is 0 Å². The topological polar surface area (TPSA) is 95.9 Å². The molecule has 7 heteroatoms. The number of nitrogens with zero attached hydrogens (tertiary/aromatic N) is 1. The molecule has 7 nitrogen and oxygen atoms in total. The van der Waals surface area contributed by atoms with Gasteiger partial charge in [0, 0.05) is 18.7 Å². The second-order valence-corrected chi connectivity index (χ2v) is 4.57. The summed E-state index contributed by atoms with van der Waals surface area (Å²) in [6, 6.07) is -0.467. The molecule has 0 spiro atoms. The maximum Gasteiger partial charge on any atom is 0.328 e. The molecular weight excluding hydrogens is 252 g/mol. The van der Waals surface area contributed by atoms with Crippen molar-refractivity contribution < 1.29 is 24.2 Å². The highest BCUT2D eigenvalue weighted by Gasteiger charge is 2.38. The molecule has 2 unspecified atom stereocenters. The highest BCUT2D eigenvalue weighted by atomic mass is 16.5. The highest BCUT2D eigenvalue weighted by molar-refractivity contribution is 6.02. The predicted octanol–water partition coefficient (Wildman–Crippen LogP) is 0.117. The highest BCUT2D eigenvalue weighted by Crippen LogP contribution is 2.29. The van der Waals surface area contributed by atoms with E-state index in [0.717, 1.165) is 25.3 Å². The number of carboxylic acid groups (broad SMARTS) is 1. The summed E-state index contributed by atoms with van der Waals surface area (Å²) in [6.45, 7) is 0.913. The van der Waals surface area contributed by atoms with Crippen molar-refractivity contribution in [2.75, 3.05) is 13.2 Å². The number of urea groups is 1. The number of carboxylic acids is 1. The summed E-state index contributed by atoms with van der Waals surface area (Å²) in [5, 5.41) is 10.5. The van der Waals surface area contributed by atoms with E-state index >= 15 is 0 Å². The predicted molar refractivity (Wildman–Crippen MR) is 64.4 cm³/mol. The van der Waals surface area contributed by atoms with Crippen molar-refractivity contribution in [3.8, 4) is 0 Å². The van der Waals surface area contributed by atoms with Crippen LogP contribution in [-0.4, -0.2) is 53.2 Å². The fraction of sp³-hybridized carbons (Fsp3) is 0.583. The SMILES string of the molecule is O=C(O)C=CC(=O)NC(=O)N1CCOC2CCCC21. The van der Waals surface area contributed by atoms with Crippen molar-refractivity contribution in [3.63, 3.8) is 0 Å². The molecule has 2 atom stereocenters. The van der Waals surface area contributed by atoms with Gasteiger partial charge in [0.2, 0.25) is 0 Å². The van der Waals surface area contributed by atoms with E-state index in [-0.39, 0.29) is 12.1 Å². The Morgan fingerprint density at radius 3 is 2.79 bits per heavy atom. The molecule has 2 fully saturated rings. The van der Waals surface area contributed by atoms with Crippen molar-refractivity contribution in [1.29, 1.82) is 0 Å². The van der Waals surface area contributed by atoms with E-state index < -0.39 is 17.9 Å². The molecule has 1 aliphatic heterocycles. The Kier molecular flexibility index (Phi) is 4.16. The van der Waals surface area contributed by atoms with Crippen molar-refractivity contribution in [3.05, 3.63) is 12.2 Å². The number of aliphatic carboxylic acids is 1. The second-order valence-electron chi connectivity index (χ2n) is 4.57. The Hall–Kier alpha value is -1.89. The fourth-order valence-corrected chi connectivity index (χ4v) is 2.54. The maximum atomic E-state index is 12.0. The third kappa shape index (κ3) is 3.31. The molecule has 2 N–H and O–H groups in total. The number of ether oxygens (including phenoxy) is 1. The number of amides is 3. The Morgan fingerprint density at radius 1 is 1.26 bits per heavy atom. The molecule has 0 aromatic heterocycles. The van der Waals surface area contributed by atoms with Crippen molar-refractivity contribution in [1.82, 2.24) is 10.2 Å². The van der Waals surface area contributed by atoms with Crippen molar-refractivity contribution in [2.24, 2.45) is 0 Å². The fourth-order valence-electron chi connectivity index (χ4n) is 2.54. The van der Waals surface area contributed by atoms with Crippen LogP contribution in [0.1, 0.15) is 19.3 Å². The van der Waals surface area contributed by atoms with E-state index in [1.807, 2.05) is 0 Å². The number of carbonyl (C=O) groups is 3. The van der Waals surface area contributed by atoms with Crippen LogP contribution in [0.15, 0.2) is 12.2 Å². The zero-order valence-corrected chi connectivity index (χ0v) is 10.4. The van der Waals surface area contributed by atoms with Crippen molar-refractivity contribution >= 4 is 17.9 Å². The van der Waals surface area contributed by atoms with Crippen molar-refractivity contribution in [2.45, 2.75) is 31.4 Å². The van der Waals surface area contributed by atoms with Crippen LogP contribution in [0.4, 0.5) is 4.79 Å². The molecule has 3 amide bonds. The quantitative estimate of drug-likeness (QED) is 0.693. The van der Waals surface area contributed by atoms with Gasteiger partial charge in [-0.25, -0.2) is 9.59 Å². The lowest BCUT2D eigenvalue weighted by Gasteiger charge is -2.37. The monoisotopic (exact) mass is 268 g/mol. The minimum Gasteiger partial charge on any atom is -0.478 e. The lowest BCUT2D eigenvalue weighted by molar-refractivity contribution is -0.131. The molecule has 1 saturated heterocycles. The second kappa shape index (κ2) is 5.83. The number of imide groups is 1. The normalized spacial score (nSPS) is 26.2. The zero-order valence-electron chi connectivity index (χ0n) is 10.4. The summed E-state index contributed by atoms with van der Waals surface area (Å²) in [4.78, 5) is 35.2. The van der Waals surface area contributed by atoms with Gasteiger partial charge in [0.05, 0.1) is 18.8 Å². The van der Waals surface area contributed by atoms with Crippen LogP contribution in [0.5, 0.6) is 0 Å². The van der Waals surface area contributed by atoms with E-state index in [4.69, 9.17) is 9.84 Å². The molecule has 0 bridgehead atoms. The van der Waals surface area contributed by atoms with Gasteiger partial charge in [0.1, 0.15) is 0 Å². The largest absolute Gasteiger partial charge is 0.478 e. The molecule has 1 saturated carbocycles. The number of nitrogens with one attached hydrogen (secondary N) is 1. The summed E-state index contributed by atoms with van der Waals surface area (Å²) in [6.07, 6.45) is 4.39. The van der Waals surface area contributed by atoms with Gasteiger partial charge in [-0.1, -0.05) is 0 Å².